The third-order valence-corrected chi connectivity index (χ3v) is 3.33. The van der Waals surface area contributed by atoms with Crippen LogP contribution in [0.25, 0.3) is 0 Å². The van der Waals surface area contributed by atoms with E-state index in [1.54, 1.807) is 0 Å². The molecule has 0 saturated heterocycles. The molecule has 0 aliphatic rings. The second-order valence-corrected chi connectivity index (χ2v) is 7.21. The predicted octanol–water partition coefficient (Wildman–Crippen LogP) is 3.99. The predicted molar refractivity (Wildman–Crippen MR) is 79.2 cm³/mol. The molecular weight excluding hydrogens is 276 g/mol. The number of anilines is 1. The van der Waals surface area contributed by atoms with Crippen molar-refractivity contribution in [2.24, 2.45) is 0 Å². The minimum atomic E-state index is 0.175. The lowest BCUT2D eigenvalue weighted by molar-refractivity contribution is 0.587. The molecule has 1 heterocycles. The molecule has 3 heteroatoms. The number of pyridine rings is 1. The van der Waals surface area contributed by atoms with Gasteiger partial charge in [-0.2, -0.15) is 0 Å². The number of halogens is 1. The van der Waals surface area contributed by atoms with Gasteiger partial charge in [-0.1, -0.05) is 49.7 Å². The number of aromatic nitrogens is 1. The fraction of sp³-hybridized carbons (Fsp3) is 0.643. The molecule has 0 bridgehead atoms. The van der Waals surface area contributed by atoms with Gasteiger partial charge in [0.25, 0.3) is 0 Å². The average Bonchev–Trinajstić information content (AvgIpc) is 2.25. The second-order valence-electron chi connectivity index (χ2n) is 5.65. The molecule has 96 valence electrons. The van der Waals surface area contributed by atoms with Crippen LogP contribution < -0.4 is 4.90 Å². The molecule has 0 spiro atoms. The van der Waals surface area contributed by atoms with Crippen molar-refractivity contribution >= 4 is 21.7 Å². The Kier molecular flexibility index (Phi) is 4.99. The van der Waals surface area contributed by atoms with E-state index in [1.807, 2.05) is 6.20 Å². The van der Waals surface area contributed by atoms with Crippen LogP contribution >= 0.6 is 15.9 Å². The van der Waals surface area contributed by atoms with Crippen LogP contribution in [0.3, 0.4) is 0 Å². The van der Waals surface area contributed by atoms with E-state index in [0.717, 1.165) is 18.8 Å². The van der Waals surface area contributed by atoms with Crippen LogP contribution in [0.5, 0.6) is 0 Å². The summed E-state index contributed by atoms with van der Waals surface area (Å²) in [4.78, 5) is 7.29. The van der Waals surface area contributed by atoms with Gasteiger partial charge in [0.2, 0.25) is 0 Å². The Morgan fingerprint density at radius 2 is 2.00 bits per heavy atom. The van der Waals surface area contributed by atoms with Gasteiger partial charge in [-0.05, 0) is 23.5 Å². The highest BCUT2D eigenvalue weighted by atomic mass is 79.9. The first kappa shape index (κ1) is 14.5. The molecule has 1 aromatic rings. The smallest absolute Gasteiger partial charge is 0.128 e. The molecule has 0 aromatic carbocycles. The van der Waals surface area contributed by atoms with Crippen molar-refractivity contribution in [3.63, 3.8) is 0 Å². The second kappa shape index (κ2) is 5.85. The zero-order chi connectivity index (χ0) is 13.1. The fourth-order valence-corrected chi connectivity index (χ4v) is 1.75. The third kappa shape index (κ3) is 4.66. The van der Waals surface area contributed by atoms with Gasteiger partial charge in [0.1, 0.15) is 5.82 Å². The Hall–Kier alpha value is -0.570. The van der Waals surface area contributed by atoms with Crippen molar-refractivity contribution < 1.29 is 0 Å². The topological polar surface area (TPSA) is 16.1 Å². The molecule has 1 unspecified atom stereocenters. The molecule has 0 saturated carbocycles. The first-order valence-corrected chi connectivity index (χ1v) is 7.04. The maximum Gasteiger partial charge on any atom is 0.128 e. The minimum Gasteiger partial charge on any atom is -0.360 e. The van der Waals surface area contributed by atoms with E-state index in [-0.39, 0.29) is 5.41 Å². The van der Waals surface area contributed by atoms with Crippen molar-refractivity contribution in [3.8, 4) is 0 Å². The lowest BCUT2D eigenvalue weighted by Crippen LogP contribution is -2.22. The normalized spacial score (nSPS) is 13.5. The van der Waals surface area contributed by atoms with Crippen LogP contribution in [-0.4, -0.2) is 23.4 Å². The lowest BCUT2D eigenvalue weighted by atomic mass is 9.88. The molecule has 1 aromatic heterocycles. The van der Waals surface area contributed by atoms with Gasteiger partial charge in [0, 0.05) is 24.6 Å². The summed E-state index contributed by atoms with van der Waals surface area (Å²) in [6.07, 6.45) is 3.11. The Balaban J connectivity index is 2.67. The van der Waals surface area contributed by atoms with Crippen molar-refractivity contribution in [2.45, 2.75) is 44.4 Å². The van der Waals surface area contributed by atoms with Gasteiger partial charge in [0.05, 0.1) is 0 Å². The summed E-state index contributed by atoms with van der Waals surface area (Å²) in [6.45, 7) is 9.82. The zero-order valence-electron chi connectivity index (χ0n) is 11.5. The van der Waals surface area contributed by atoms with E-state index in [9.17, 15) is 0 Å². The highest BCUT2D eigenvalue weighted by Crippen LogP contribution is 2.22. The minimum absolute atomic E-state index is 0.175. The maximum atomic E-state index is 4.53. The van der Waals surface area contributed by atoms with E-state index in [0.29, 0.717) is 4.83 Å². The summed E-state index contributed by atoms with van der Waals surface area (Å²) in [5.74, 6) is 1.05. The van der Waals surface area contributed by atoms with Crippen LogP contribution in [0.2, 0.25) is 0 Å². The van der Waals surface area contributed by atoms with E-state index >= 15 is 0 Å². The largest absolute Gasteiger partial charge is 0.360 e. The quantitative estimate of drug-likeness (QED) is 0.782. The third-order valence-electron chi connectivity index (χ3n) is 2.87. The molecular formula is C14H23BrN2. The van der Waals surface area contributed by atoms with E-state index in [1.165, 1.54) is 5.56 Å². The van der Waals surface area contributed by atoms with Gasteiger partial charge in [-0.25, -0.2) is 4.98 Å². The number of rotatable bonds is 4. The van der Waals surface area contributed by atoms with Gasteiger partial charge in [-0.3, -0.25) is 0 Å². The molecule has 0 radical (unpaired) electrons. The highest BCUT2D eigenvalue weighted by molar-refractivity contribution is 9.09. The molecule has 0 fully saturated rings. The van der Waals surface area contributed by atoms with Gasteiger partial charge in [0.15, 0.2) is 0 Å². The zero-order valence-corrected chi connectivity index (χ0v) is 13.1. The lowest BCUT2D eigenvalue weighted by Gasteiger charge is -2.22. The van der Waals surface area contributed by atoms with Crippen LogP contribution in [0, 0.1) is 0 Å². The van der Waals surface area contributed by atoms with Crippen LogP contribution in [0.15, 0.2) is 18.3 Å². The van der Waals surface area contributed by atoms with E-state index in [4.69, 9.17) is 0 Å². The maximum absolute atomic E-state index is 4.53. The molecule has 2 nitrogen and oxygen atoms in total. The molecule has 0 aliphatic heterocycles. The standard InChI is InChI=1S/C14H23BrN2/c1-11(15)8-9-17(5)13-7-6-12(10-16-13)14(2,3)4/h6-7,10-11H,8-9H2,1-5H3. The van der Waals surface area contributed by atoms with Crippen molar-refractivity contribution in [2.75, 3.05) is 18.5 Å². The summed E-state index contributed by atoms with van der Waals surface area (Å²) < 4.78 is 0. The number of alkyl halides is 1. The van der Waals surface area contributed by atoms with Gasteiger partial charge >= 0.3 is 0 Å². The summed E-state index contributed by atoms with van der Waals surface area (Å²) in [6, 6.07) is 4.29. The first-order valence-electron chi connectivity index (χ1n) is 6.12. The summed E-state index contributed by atoms with van der Waals surface area (Å²) in [5.41, 5.74) is 1.46. The SMILES string of the molecule is CC(Br)CCN(C)c1ccc(C(C)(C)C)cn1. The van der Waals surface area contributed by atoms with Crippen LogP contribution in [0.1, 0.15) is 39.7 Å². The van der Waals surface area contributed by atoms with Crippen LogP contribution in [-0.2, 0) is 5.41 Å². The number of hydrogen-bond donors (Lipinski definition) is 0. The molecule has 1 rings (SSSR count). The fourth-order valence-electron chi connectivity index (χ4n) is 1.54. The Morgan fingerprint density at radius 1 is 1.35 bits per heavy atom. The van der Waals surface area contributed by atoms with Crippen molar-refractivity contribution in [1.82, 2.24) is 4.98 Å². The Morgan fingerprint density at radius 3 is 2.41 bits per heavy atom. The van der Waals surface area contributed by atoms with Gasteiger partial charge in [-0.15, -0.1) is 0 Å². The highest BCUT2D eigenvalue weighted by Gasteiger charge is 2.14. The van der Waals surface area contributed by atoms with Crippen molar-refractivity contribution in [1.29, 1.82) is 0 Å². The average molecular weight is 299 g/mol. The van der Waals surface area contributed by atoms with Gasteiger partial charge < -0.3 is 4.90 Å². The monoisotopic (exact) mass is 298 g/mol. The Labute approximate surface area is 114 Å². The first-order chi connectivity index (χ1) is 7.80. The van der Waals surface area contributed by atoms with Crippen molar-refractivity contribution in [3.05, 3.63) is 23.9 Å². The van der Waals surface area contributed by atoms with E-state index < -0.39 is 0 Å². The molecule has 1 atom stereocenters. The summed E-state index contributed by atoms with van der Waals surface area (Å²) >= 11 is 3.57. The number of nitrogens with zero attached hydrogens (tertiary/aromatic N) is 2. The molecule has 0 aliphatic carbocycles. The number of hydrogen-bond acceptors (Lipinski definition) is 2. The summed E-state index contributed by atoms with van der Waals surface area (Å²) in [7, 11) is 2.09. The summed E-state index contributed by atoms with van der Waals surface area (Å²) in [5, 5.41) is 0. The Bertz CT molecular complexity index is 338. The molecule has 0 N–H and O–H groups in total. The molecule has 17 heavy (non-hydrogen) atoms. The molecule has 0 amide bonds. The van der Waals surface area contributed by atoms with Crippen LogP contribution in [0.4, 0.5) is 5.82 Å². The van der Waals surface area contributed by atoms with E-state index in [2.05, 4.69) is 72.7 Å².